The minimum absolute atomic E-state index is 0.243. The molecule has 0 aliphatic heterocycles. The van der Waals surface area contributed by atoms with Crippen LogP contribution < -0.4 is 10.8 Å². The fourth-order valence-corrected chi connectivity index (χ4v) is 8.91. The second-order valence-corrected chi connectivity index (χ2v) is 15.7. The summed E-state index contributed by atoms with van der Waals surface area (Å²) >= 11 is 0. The largest absolute Gasteiger partial charge is 0.436 e. The Morgan fingerprint density at radius 1 is 0.600 bits per heavy atom. The first-order chi connectivity index (χ1) is 29.6. The van der Waals surface area contributed by atoms with Gasteiger partial charge in [-0.2, -0.15) is 9.97 Å². The average molecular weight is 776 g/mol. The highest BCUT2D eigenvalue weighted by Crippen LogP contribution is 2.41. The van der Waals surface area contributed by atoms with Crippen LogP contribution in [0.15, 0.2) is 168 Å². The highest BCUT2D eigenvalue weighted by molar-refractivity contribution is 6.11. The van der Waals surface area contributed by atoms with Crippen molar-refractivity contribution in [1.82, 2.24) is 24.5 Å². The lowest BCUT2D eigenvalue weighted by Gasteiger charge is -2.22. The van der Waals surface area contributed by atoms with Crippen molar-refractivity contribution in [3.8, 4) is 51.3 Å². The van der Waals surface area contributed by atoms with Crippen molar-refractivity contribution in [2.45, 2.75) is 32.6 Å². The molecule has 6 heteroatoms. The summed E-state index contributed by atoms with van der Waals surface area (Å²) in [7, 11) is 0. The van der Waals surface area contributed by atoms with Gasteiger partial charge in [-0.3, -0.25) is 4.57 Å². The zero-order valence-electron chi connectivity index (χ0n) is 33.3. The van der Waals surface area contributed by atoms with E-state index in [1.54, 1.807) is 0 Å². The molecule has 11 rings (SSSR count). The van der Waals surface area contributed by atoms with Crippen LogP contribution in [0.1, 0.15) is 36.0 Å². The maximum absolute atomic E-state index is 6.13. The molecular formula is C54H41N5O. The van der Waals surface area contributed by atoms with E-state index in [1.807, 2.05) is 36.4 Å². The fourth-order valence-electron chi connectivity index (χ4n) is 8.91. The third-order valence-electron chi connectivity index (χ3n) is 11.9. The quantitative estimate of drug-likeness (QED) is 0.154. The average Bonchev–Trinajstić information content (AvgIpc) is 3.90. The van der Waals surface area contributed by atoms with Gasteiger partial charge >= 0.3 is 0 Å². The zero-order chi connectivity index (χ0) is 40.0. The first-order valence-electron chi connectivity index (χ1n) is 20.8. The second-order valence-electron chi connectivity index (χ2n) is 15.7. The number of benzene rings is 6. The molecule has 6 nitrogen and oxygen atoms in total. The van der Waals surface area contributed by atoms with Gasteiger partial charge in [0.2, 0.25) is 11.8 Å². The van der Waals surface area contributed by atoms with E-state index in [9.17, 15) is 0 Å². The maximum atomic E-state index is 6.13. The van der Waals surface area contributed by atoms with Crippen LogP contribution in [0.4, 0.5) is 0 Å². The molecular weight excluding hydrogens is 735 g/mol. The topological polar surface area (TPSA) is 69.6 Å². The first-order valence-corrected chi connectivity index (χ1v) is 20.8. The number of aryl methyl sites for hydroxylation is 1. The maximum Gasteiger partial charge on any atom is 0.238 e. The van der Waals surface area contributed by atoms with Gasteiger partial charge in [0.15, 0.2) is 17.1 Å². The van der Waals surface area contributed by atoms with Gasteiger partial charge in [0.05, 0.1) is 11.0 Å². The molecule has 1 atom stereocenters. The molecule has 0 N–H and O–H groups in total. The van der Waals surface area contributed by atoms with Crippen LogP contribution in [0, 0.1) is 12.8 Å². The van der Waals surface area contributed by atoms with Crippen LogP contribution in [0.2, 0.25) is 0 Å². The lowest BCUT2D eigenvalue weighted by Crippen LogP contribution is -2.23. The molecule has 0 saturated carbocycles. The first kappa shape index (κ1) is 35.7. The number of fused-ring (bicyclic) bond motifs is 4. The number of aromatic nitrogens is 5. The molecule has 0 bridgehead atoms. The molecule has 288 valence electrons. The van der Waals surface area contributed by atoms with Gasteiger partial charge < -0.3 is 4.42 Å². The second kappa shape index (κ2) is 15.1. The van der Waals surface area contributed by atoms with Crippen LogP contribution in [0.3, 0.4) is 0 Å². The molecule has 9 aromatic rings. The Bertz CT molecular complexity index is 3170. The number of oxazole rings is 1. The predicted molar refractivity (Wildman–Crippen MR) is 243 cm³/mol. The van der Waals surface area contributed by atoms with E-state index in [0.29, 0.717) is 23.5 Å². The standard InChI is InChI=1S/C54H41N5O/c1-35-15-8-9-22-42(35)43-31-32-45-44-23-10-12-25-48(44)59(54-57-51(38-17-4-2-5-18-38)56-52(58-54)39-19-6-3-7-20-39)50(45)46(43)34-36-16-14-21-41(33-36)37-27-29-40(30-28-37)53-55-47-24-11-13-26-49(47)60-53/h2-10,12,14-15,17-33,36H,11,13,16,34H2,1H3. The normalized spacial score (nSPS) is 14.8. The molecule has 60 heavy (non-hydrogen) atoms. The molecule has 0 spiro atoms. The van der Waals surface area contributed by atoms with E-state index < -0.39 is 0 Å². The minimum Gasteiger partial charge on any atom is -0.436 e. The molecule has 6 aromatic carbocycles. The molecule has 1 unspecified atom stereocenters. The molecule has 0 fully saturated rings. The SMILES string of the molecule is Cc1ccccc1-c1ccc2c3ccccc3n(-c3nc(-c4ccccc4)nc(-c4ccccc4)n3)c2c1CC1C=C(c2ccc(-c3nc4c(o3)=CCCC=4)cc2)C=CC1. The summed E-state index contributed by atoms with van der Waals surface area (Å²) < 4.78 is 8.42. The van der Waals surface area contributed by atoms with Crippen LogP contribution in [0.25, 0.3) is 90.8 Å². The van der Waals surface area contributed by atoms with Crippen molar-refractivity contribution >= 4 is 39.5 Å². The van der Waals surface area contributed by atoms with E-state index in [2.05, 4.69) is 151 Å². The molecule has 0 amide bonds. The molecule has 3 heterocycles. The number of para-hydroxylation sites is 1. The van der Waals surface area contributed by atoms with Crippen molar-refractivity contribution in [3.63, 3.8) is 0 Å². The third kappa shape index (κ3) is 6.47. The van der Waals surface area contributed by atoms with Crippen LogP contribution >= 0.6 is 0 Å². The van der Waals surface area contributed by atoms with Crippen molar-refractivity contribution < 1.29 is 4.42 Å². The van der Waals surface area contributed by atoms with Gasteiger partial charge in [0.1, 0.15) is 5.35 Å². The highest BCUT2D eigenvalue weighted by Gasteiger charge is 2.24. The van der Waals surface area contributed by atoms with Crippen molar-refractivity contribution in [1.29, 1.82) is 0 Å². The lowest BCUT2D eigenvalue weighted by atomic mass is 9.84. The highest BCUT2D eigenvalue weighted by atomic mass is 16.3. The fraction of sp³-hybridized carbons (Fsp3) is 0.111. The van der Waals surface area contributed by atoms with E-state index in [4.69, 9.17) is 24.4 Å². The smallest absolute Gasteiger partial charge is 0.238 e. The molecule has 3 aromatic heterocycles. The Balaban J connectivity index is 1.08. The number of hydrogen-bond donors (Lipinski definition) is 0. The van der Waals surface area contributed by atoms with Gasteiger partial charge in [-0.15, -0.1) is 0 Å². The Morgan fingerprint density at radius 3 is 2.03 bits per heavy atom. The van der Waals surface area contributed by atoms with Crippen molar-refractivity contribution in [2.24, 2.45) is 5.92 Å². The number of hydrogen-bond acceptors (Lipinski definition) is 5. The van der Waals surface area contributed by atoms with Gasteiger partial charge in [0.25, 0.3) is 0 Å². The number of nitrogens with zero attached hydrogens (tertiary/aromatic N) is 5. The lowest BCUT2D eigenvalue weighted by molar-refractivity contribution is 0.537. The van der Waals surface area contributed by atoms with Crippen LogP contribution in [0.5, 0.6) is 0 Å². The minimum atomic E-state index is 0.243. The Kier molecular flexibility index (Phi) is 8.96. The van der Waals surface area contributed by atoms with Crippen molar-refractivity contribution in [2.75, 3.05) is 0 Å². The monoisotopic (exact) mass is 775 g/mol. The van der Waals surface area contributed by atoms with E-state index in [0.717, 1.165) is 69.6 Å². The molecule has 2 aliphatic rings. The number of rotatable bonds is 8. The van der Waals surface area contributed by atoms with Gasteiger partial charge in [0, 0.05) is 27.5 Å². The Morgan fingerprint density at radius 2 is 1.28 bits per heavy atom. The summed E-state index contributed by atoms with van der Waals surface area (Å²) in [6.45, 7) is 2.21. The molecule has 0 radical (unpaired) electrons. The van der Waals surface area contributed by atoms with Gasteiger partial charge in [-0.05, 0) is 96.2 Å². The van der Waals surface area contributed by atoms with Gasteiger partial charge in [-0.1, -0.05) is 152 Å². The summed E-state index contributed by atoms with van der Waals surface area (Å²) in [5.41, 5.74) is 13.3. The molecule has 0 saturated heterocycles. The van der Waals surface area contributed by atoms with Crippen LogP contribution in [-0.4, -0.2) is 24.5 Å². The number of allylic oxidation sites excluding steroid dienone is 4. The third-order valence-corrected chi connectivity index (χ3v) is 11.9. The summed E-state index contributed by atoms with van der Waals surface area (Å²) in [5, 5.41) is 3.29. The Hall–Kier alpha value is -7.44. The summed E-state index contributed by atoms with van der Waals surface area (Å²) in [6, 6.07) is 51.0. The van der Waals surface area contributed by atoms with E-state index in [-0.39, 0.29) is 5.92 Å². The van der Waals surface area contributed by atoms with E-state index >= 15 is 0 Å². The Labute approximate surface area is 348 Å². The summed E-state index contributed by atoms with van der Waals surface area (Å²) in [5.74, 6) is 2.78. The van der Waals surface area contributed by atoms with Crippen molar-refractivity contribution in [3.05, 3.63) is 191 Å². The summed E-state index contributed by atoms with van der Waals surface area (Å²) in [4.78, 5) is 20.4. The zero-order valence-corrected chi connectivity index (χ0v) is 33.3. The van der Waals surface area contributed by atoms with Crippen LogP contribution in [-0.2, 0) is 6.42 Å². The van der Waals surface area contributed by atoms with Gasteiger partial charge in [-0.25, -0.2) is 9.97 Å². The van der Waals surface area contributed by atoms with E-state index in [1.165, 1.54) is 38.8 Å². The summed E-state index contributed by atoms with van der Waals surface area (Å²) in [6.07, 6.45) is 15.1. The molecule has 2 aliphatic carbocycles. The predicted octanol–water partition coefficient (Wildman–Crippen LogP) is 11.5.